The van der Waals surface area contributed by atoms with Gasteiger partial charge in [0, 0.05) is 16.2 Å². The number of ether oxygens (including phenoxy) is 2. The molecule has 8 nitrogen and oxygen atoms in total. The zero-order valence-electron chi connectivity index (χ0n) is 19.1. The van der Waals surface area contributed by atoms with Gasteiger partial charge in [-0.3, -0.25) is 4.68 Å². The maximum atomic E-state index is 12.9. The number of alkyl carbamates (subject to hydrolysis) is 1. The maximum absolute atomic E-state index is 12.9. The van der Waals surface area contributed by atoms with E-state index in [1.54, 1.807) is 17.7 Å². The summed E-state index contributed by atoms with van der Waals surface area (Å²) in [6.07, 6.45) is 5.49. The third-order valence-electron chi connectivity index (χ3n) is 5.34. The Kier molecular flexibility index (Phi) is 6.74. The van der Waals surface area contributed by atoms with Crippen LogP contribution in [0.4, 0.5) is 4.79 Å². The van der Waals surface area contributed by atoms with Crippen molar-refractivity contribution < 1.29 is 19.1 Å². The highest BCUT2D eigenvalue weighted by Crippen LogP contribution is 2.41. The van der Waals surface area contributed by atoms with Crippen LogP contribution >= 0.6 is 11.6 Å². The van der Waals surface area contributed by atoms with Crippen LogP contribution < -0.4 is 11.1 Å². The first-order valence-electron chi connectivity index (χ1n) is 10.7. The Labute approximate surface area is 193 Å². The fourth-order valence-corrected chi connectivity index (χ4v) is 3.92. The molecule has 32 heavy (non-hydrogen) atoms. The molecule has 2 aliphatic carbocycles. The molecule has 9 heteroatoms. The number of halogens is 1. The van der Waals surface area contributed by atoms with Gasteiger partial charge < -0.3 is 20.5 Å². The SMILES string of the molecule is C=C(Cl)C=C1/C(=C\N)CCc2c1nn(CC1(NC(=O)OC(C)(C)C)CC1)c2C(=O)OCC. The minimum absolute atomic E-state index is 0.245. The third kappa shape index (κ3) is 5.35. The molecule has 0 unspecified atom stereocenters. The van der Waals surface area contributed by atoms with E-state index in [9.17, 15) is 9.59 Å². The Hall–Kier alpha value is -2.74. The number of nitrogens with one attached hydrogen (secondary N) is 1. The first kappa shape index (κ1) is 23.9. The van der Waals surface area contributed by atoms with E-state index in [0.29, 0.717) is 35.8 Å². The summed E-state index contributed by atoms with van der Waals surface area (Å²) in [5, 5.41) is 8.05. The van der Waals surface area contributed by atoms with E-state index in [0.717, 1.165) is 29.6 Å². The lowest BCUT2D eigenvalue weighted by molar-refractivity contribution is 0.0488. The quantitative estimate of drug-likeness (QED) is 0.617. The molecule has 1 heterocycles. The van der Waals surface area contributed by atoms with Crippen LogP contribution in [0.2, 0.25) is 0 Å². The Morgan fingerprint density at radius 2 is 2.03 bits per heavy atom. The lowest BCUT2D eigenvalue weighted by Crippen LogP contribution is -2.43. The molecule has 0 spiro atoms. The molecule has 174 valence electrons. The summed E-state index contributed by atoms with van der Waals surface area (Å²) in [4.78, 5) is 25.3. The van der Waals surface area contributed by atoms with Crippen LogP contribution in [0.25, 0.3) is 5.57 Å². The number of carbonyl (C=O) groups excluding carboxylic acids is 2. The van der Waals surface area contributed by atoms with Crippen molar-refractivity contribution >= 4 is 29.2 Å². The van der Waals surface area contributed by atoms with Gasteiger partial charge in [0.05, 0.1) is 24.4 Å². The van der Waals surface area contributed by atoms with Gasteiger partial charge >= 0.3 is 12.1 Å². The predicted octanol–water partition coefficient (Wildman–Crippen LogP) is 4.04. The van der Waals surface area contributed by atoms with E-state index in [1.807, 2.05) is 20.8 Å². The predicted molar refractivity (Wildman–Crippen MR) is 123 cm³/mol. The molecular weight excluding hydrogens is 432 g/mol. The van der Waals surface area contributed by atoms with Crippen molar-refractivity contribution in [1.82, 2.24) is 15.1 Å². The second-order valence-corrected chi connectivity index (χ2v) is 9.64. The summed E-state index contributed by atoms with van der Waals surface area (Å²) in [5.74, 6) is -0.446. The fourth-order valence-electron chi connectivity index (χ4n) is 3.81. The van der Waals surface area contributed by atoms with Crippen molar-refractivity contribution in [2.45, 2.75) is 71.1 Å². The largest absolute Gasteiger partial charge is 0.461 e. The smallest absolute Gasteiger partial charge is 0.408 e. The second kappa shape index (κ2) is 9.02. The van der Waals surface area contributed by atoms with Crippen molar-refractivity contribution in [2.75, 3.05) is 6.61 Å². The van der Waals surface area contributed by atoms with Crippen LogP contribution in [0.15, 0.2) is 29.5 Å². The van der Waals surface area contributed by atoms with E-state index in [1.165, 1.54) is 6.20 Å². The Bertz CT molecular complexity index is 996. The molecule has 3 N–H and O–H groups in total. The number of rotatable bonds is 6. The van der Waals surface area contributed by atoms with Crippen LogP contribution in [-0.2, 0) is 22.4 Å². The average molecular weight is 463 g/mol. The van der Waals surface area contributed by atoms with Crippen LogP contribution in [0.5, 0.6) is 0 Å². The Balaban J connectivity index is 2.00. The van der Waals surface area contributed by atoms with Crippen LogP contribution in [-0.4, -0.2) is 39.6 Å². The van der Waals surface area contributed by atoms with Crippen LogP contribution in [0.1, 0.15) is 68.7 Å². The van der Waals surface area contributed by atoms with Crippen molar-refractivity contribution in [3.8, 4) is 0 Å². The van der Waals surface area contributed by atoms with Crippen molar-refractivity contribution in [2.24, 2.45) is 5.73 Å². The monoisotopic (exact) mass is 462 g/mol. The maximum Gasteiger partial charge on any atom is 0.408 e. The lowest BCUT2D eigenvalue weighted by Gasteiger charge is -2.23. The number of fused-ring (bicyclic) bond motifs is 1. The van der Waals surface area contributed by atoms with Gasteiger partial charge in [-0.2, -0.15) is 5.10 Å². The second-order valence-electron chi connectivity index (χ2n) is 9.16. The summed E-state index contributed by atoms with van der Waals surface area (Å²) in [7, 11) is 0. The first-order chi connectivity index (χ1) is 15.0. The third-order valence-corrected chi connectivity index (χ3v) is 5.45. The first-order valence-corrected chi connectivity index (χ1v) is 11.1. The molecule has 0 aliphatic heterocycles. The highest BCUT2D eigenvalue weighted by molar-refractivity contribution is 6.31. The van der Waals surface area contributed by atoms with Crippen LogP contribution in [0.3, 0.4) is 0 Å². The number of nitrogens with two attached hydrogens (primary N) is 1. The number of amides is 1. The van der Waals surface area contributed by atoms with Crippen molar-refractivity contribution in [1.29, 1.82) is 0 Å². The van der Waals surface area contributed by atoms with Gasteiger partial charge in [0.15, 0.2) is 0 Å². The minimum Gasteiger partial charge on any atom is -0.461 e. The number of nitrogens with zero attached hydrogens (tertiary/aromatic N) is 2. The molecule has 0 aromatic carbocycles. The molecule has 2 aliphatic rings. The zero-order chi connectivity index (χ0) is 23.7. The average Bonchev–Trinajstić information content (AvgIpc) is 3.30. The molecule has 1 aromatic heterocycles. The van der Waals surface area contributed by atoms with E-state index >= 15 is 0 Å². The van der Waals surface area contributed by atoms with Gasteiger partial charge in [-0.25, -0.2) is 9.59 Å². The molecule has 1 fully saturated rings. The van der Waals surface area contributed by atoms with E-state index < -0.39 is 23.2 Å². The molecule has 1 aromatic rings. The van der Waals surface area contributed by atoms with E-state index in [4.69, 9.17) is 31.9 Å². The minimum atomic E-state index is -0.602. The molecule has 0 bridgehead atoms. The number of hydrogen-bond donors (Lipinski definition) is 2. The van der Waals surface area contributed by atoms with Gasteiger partial charge in [-0.1, -0.05) is 18.2 Å². The number of esters is 1. The topological polar surface area (TPSA) is 108 Å². The van der Waals surface area contributed by atoms with Crippen molar-refractivity contribution in [3.05, 3.63) is 46.4 Å². The lowest BCUT2D eigenvalue weighted by atomic mass is 9.87. The number of aromatic nitrogens is 2. The number of hydrogen-bond acceptors (Lipinski definition) is 6. The molecule has 0 radical (unpaired) electrons. The normalized spacial score (nSPS) is 19.4. The molecule has 0 atom stereocenters. The number of allylic oxidation sites excluding steroid dienone is 4. The molecule has 0 saturated heterocycles. The van der Waals surface area contributed by atoms with Gasteiger partial charge in [0.1, 0.15) is 11.3 Å². The molecule has 3 rings (SSSR count). The van der Waals surface area contributed by atoms with Crippen LogP contribution in [0, 0.1) is 0 Å². The van der Waals surface area contributed by atoms with Gasteiger partial charge in [-0.15, -0.1) is 0 Å². The summed E-state index contributed by atoms with van der Waals surface area (Å²) in [6.45, 7) is 11.5. The fraction of sp³-hybridized carbons (Fsp3) is 0.522. The highest BCUT2D eigenvalue weighted by Gasteiger charge is 2.47. The Morgan fingerprint density at radius 1 is 1.34 bits per heavy atom. The molecular formula is C23H31ClN4O4. The van der Waals surface area contributed by atoms with Gasteiger partial charge in [0.25, 0.3) is 0 Å². The van der Waals surface area contributed by atoms with Crippen molar-refractivity contribution in [3.63, 3.8) is 0 Å². The van der Waals surface area contributed by atoms with Gasteiger partial charge in [-0.05, 0) is 71.2 Å². The molecule has 1 amide bonds. The number of carbonyl (C=O) groups is 2. The van der Waals surface area contributed by atoms with Gasteiger partial charge in [0.2, 0.25) is 0 Å². The summed E-state index contributed by atoms with van der Waals surface area (Å²) in [6, 6.07) is 0. The standard InChI is InChI=1S/C23H31ClN4O4/c1-6-31-20(29)19-16-8-7-15(12-25)17(11-14(2)24)18(16)27-28(19)13-23(9-10-23)26-21(30)32-22(3,4)5/h11-12H,2,6-10,13,25H2,1,3-5H3,(H,26,30)/b15-12-,17-11?. The summed E-state index contributed by atoms with van der Waals surface area (Å²) >= 11 is 6.06. The summed E-state index contributed by atoms with van der Waals surface area (Å²) < 4.78 is 12.4. The zero-order valence-corrected chi connectivity index (χ0v) is 19.8. The summed E-state index contributed by atoms with van der Waals surface area (Å²) in [5.41, 5.74) is 8.13. The molecule has 1 saturated carbocycles. The highest BCUT2D eigenvalue weighted by atomic mass is 35.5. The van der Waals surface area contributed by atoms with E-state index in [-0.39, 0.29) is 6.61 Å². The van der Waals surface area contributed by atoms with E-state index in [2.05, 4.69) is 11.9 Å². The Morgan fingerprint density at radius 3 is 2.56 bits per heavy atom.